The highest BCUT2D eigenvalue weighted by molar-refractivity contribution is 5.27. The van der Waals surface area contributed by atoms with Crippen LogP contribution in [0.25, 0.3) is 0 Å². The quantitative estimate of drug-likeness (QED) is 0.673. The zero-order valence-corrected chi connectivity index (χ0v) is 13.7. The van der Waals surface area contributed by atoms with Crippen LogP contribution in [0.15, 0.2) is 0 Å². The summed E-state index contributed by atoms with van der Waals surface area (Å²) in [6, 6.07) is 0.770. The largest absolute Gasteiger partial charge is 0.381 e. The van der Waals surface area contributed by atoms with E-state index in [0.29, 0.717) is 6.61 Å². The lowest BCUT2D eigenvalue weighted by molar-refractivity contribution is 0.149. The molecule has 21 heavy (non-hydrogen) atoms. The van der Waals surface area contributed by atoms with Gasteiger partial charge in [0.05, 0.1) is 6.61 Å². The van der Waals surface area contributed by atoms with Crippen molar-refractivity contribution in [3.05, 3.63) is 22.8 Å². The van der Waals surface area contributed by atoms with Crippen molar-refractivity contribution in [3.63, 3.8) is 0 Å². The topological polar surface area (TPSA) is 47.0 Å². The molecule has 0 amide bonds. The number of nitrogens with one attached hydrogen (secondary N) is 1. The first kappa shape index (κ1) is 16.4. The molecular weight excluding hydrogens is 262 g/mol. The first-order chi connectivity index (χ1) is 10.3. The third kappa shape index (κ3) is 5.04. The van der Waals surface area contributed by atoms with Crippen molar-refractivity contribution in [2.75, 3.05) is 19.8 Å². The molecule has 0 aliphatic heterocycles. The number of ether oxygens (including phenoxy) is 1. The SMILES string of the molecule is CCOCCc1nc(CC)c(CCNC2CC2)c(CC)n1. The molecule has 1 fully saturated rings. The Hall–Kier alpha value is -1.00. The van der Waals surface area contributed by atoms with E-state index < -0.39 is 0 Å². The Labute approximate surface area is 128 Å². The van der Waals surface area contributed by atoms with Crippen LogP contribution in [0.1, 0.15) is 56.4 Å². The molecule has 1 N–H and O–H groups in total. The van der Waals surface area contributed by atoms with Crippen LogP contribution in [-0.2, 0) is 30.4 Å². The van der Waals surface area contributed by atoms with Gasteiger partial charge in [-0.05, 0) is 51.1 Å². The summed E-state index contributed by atoms with van der Waals surface area (Å²) >= 11 is 0. The minimum Gasteiger partial charge on any atom is -0.381 e. The molecule has 4 heteroatoms. The first-order valence-corrected chi connectivity index (χ1v) is 8.47. The van der Waals surface area contributed by atoms with Crippen molar-refractivity contribution >= 4 is 0 Å². The highest BCUT2D eigenvalue weighted by Crippen LogP contribution is 2.19. The van der Waals surface area contributed by atoms with Gasteiger partial charge in [-0.25, -0.2) is 9.97 Å². The average molecular weight is 291 g/mol. The standard InChI is InChI=1S/C17H29N3O/c1-4-15-14(9-11-18-13-7-8-13)16(5-2)20-17(19-15)10-12-21-6-3/h13,18H,4-12H2,1-3H3. The van der Waals surface area contributed by atoms with Gasteiger partial charge in [-0.2, -0.15) is 0 Å². The summed E-state index contributed by atoms with van der Waals surface area (Å²) in [7, 11) is 0. The second kappa shape index (κ2) is 8.44. The number of hydrogen-bond acceptors (Lipinski definition) is 4. The molecular formula is C17H29N3O. The fourth-order valence-electron chi connectivity index (χ4n) is 2.62. The fourth-order valence-corrected chi connectivity index (χ4v) is 2.62. The summed E-state index contributed by atoms with van der Waals surface area (Å²) in [6.07, 6.45) is 6.51. The first-order valence-electron chi connectivity index (χ1n) is 8.47. The Morgan fingerprint density at radius 2 is 1.71 bits per heavy atom. The van der Waals surface area contributed by atoms with Gasteiger partial charge in [-0.15, -0.1) is 0 Å². The Morgan fingerprint density at radius 1 is 1.05 bits per heavy atom. The molecule has 0 spiro atoms. The van der Waals surface area contributed by atoms with Crippen LogP contribution in [-0.4, -0.2) is 35.8 Å². The van der Waals surface area contributed by atoms with Gasteiger partial charge in [0.15, 0.2) is 0 Å². The number of nitrogens with zero attached hydrogens (tertiary/aromatic N) is 2. The summed E-state index contributed by atoms with van der Waals surface area (Å²) in [5.41, 5.74) is 3.82. The van der Waals surface area contributed by atoms with E-state index in [0.717, 1.165) is 50.7 Å². The molecule has 0 saturated heterocycles. The van der Waals surface area contributed by atoms with E-state index in [4.69, 9.17) is 14.7 Å². The third-order valence-electron chi connectivity index (χ3n) is 3.95. The zero-order valence-electron chi connectivity index (χ0n) is 13.7. The second-order valence-corrected chi connectivity index (χ2v) is 5.64. The monoisotopic (exact) mass is 291 g/mol. The van der Waals surface area contributed by atoms with E-state index in [9.17, 15) is 0 Å². The summed E-state index contributed by atoms with van der Waals surface area (Å²) in [5.74, 6) is 0.941. The van der Waals surface area contributed by atoms with E-state index >= 15 is 0 Å². The summed E-state index contributed by atoms with van der Waals surface area (Å²) in [5, 5.41) is 3.59. The van der Waals surface area contributed by atoms with Crippen LogP contribution in [0.4, 0.5) is 0 Å². The van der Waals surface area contributed by atoms with Crippen molar-refractivity contribution in [1.29, 1.82) is 0 Å². The fraction of sp³-hybridized carbons (Fsp3) is 0.765. The number of hydrogen-bond donors (Lipinski definition) is 1. The van der Waals surface area contributed by atoms with E-state index in [2.05, 4.69) is 19.2 Å². The van der Waals surface area contributed by atoms with Crippen LogP contribution >= 0.6 is 0 Å². The van der Waals surface area contributed by atoms with Crippen molar-refractivity contribution in [3.8, 4) is 0 Å². The highest BCUT2D eigenvalue weighted by atomic mass is 16.5. The zero-order chi connectivity index (χ0) is 15.1. The smallest absolute Gasteiger partial charge is 0.131 e. The van der Waals surface area contributed by atoms with Crippen LogP contribution in [0, 0.1) is 0 Å². The predicted molar refractivity (Wildman–Crippen MR) is 85.7 cm³/mol. The van der Waals surface area contributed by atoms with Crippen LogP contribution < -0.4 is 5.32 Å². The summed E-state index contributed by atoms with van der Waals surface area (Å²) in [6.45, 7) is 8.91. The molecule has 2 rings (SSSR count). The molecule has 0 atom stereocenters. The third-order valence-corrected chi connectivity index (χ3v) is 3.95. The number of aromatic nitrogens is 2. The maximum Gasteiger partial charge on any atom is 0.131 e. The Bertz CT molecular complexity index is 419. The molecule has 0 aromatic carbocycles. The maximum atomic E-state index is 5.42. The molecule has 1 aromatic rings. The van der Waals surface area contributed by atoms with Gasteiger partial charge >= 0.3 is 0 Å². The van der Waals surface area contributed by atoms with Crippen LogP contribution in [0.2, 0.25) is 0 Å². The maximum absolute atomic E-state index is 5.42. The summed E-state index contributed by atoms with van der Waals surface area (Å²) in [4.78, 5) is 9.53. The minimum atomic E-state index is 0.714. The van der Waals surface area contributed by atoms with Crippen molar-refractivity contribution in [2.24, 2.45) is 0 Å². The average Bonchev–Trinajstić information content (AvgIpc) is 3.32. The van der Waals surface area contributed by atoms with Crippen molar-refractivity contribution < 1.29 is 4.74 Å². The second-order valence-electron chi connectivity index (χ2n) is 5.64. The molecule has 0 radical (unpaired) electrons. The molecule has 4 nitrogen and oxygen atoms in total. The predicted octanol–water partition coefficient (Wildman–Crippen LogP) is 2.47. The van der Waals surface area contributed by atoms with Gasteiger partial charge in [-0.1, -0.05) is 13.8 Å². The van der Waals surface area contributed by atoms with Crippen molar-refractivity contribution in [1.82, 2.24) is 15.3 Å². The molecule has 1 saturated carbocycles. The molecule has 1 aliphatic rings. The van der Waals surface area contributed by atoms with Gasteiger partial charge in [0.1, 0.15) is 5.82 Å². The minimum absolute atomic E-state index is 0.714. The van der Waals surface area contributed by atoms with E-state index in [1.807, 2.05) is 6.92 Å². The van der Waals surface area contributed by atoms with E-state index in [-0.39, 0.29) is 0 Å². The molecule has 1 aromatic heterocycles. The van der Waals surface area contributed by atoms with Crippen LogP contribution in [0.3, 0.4) is 0 Å². The molecule has 0 bridgehead atoms. The lowest BCUT2D eigenvalue weighted by Gasteiger charge is -2.14. The normalized spacial score (nSPS) is 14.6. The molecule has 118 valence electrons. The number of aryl methyl sites for hydroxylation is 2. The molecule has 1 aliphatic carbocycles. The molecule has 1 heterocycles. The van der Waals surface area contributed by atoms with E-state index in [1.165, 1.54) is 29.8 Å². The van der Waals surface area contributed by atoms with Gasteiger partial charge in [0, 0.05) is 30.5 Å². The lowest BCUT2D eigenvalue weighted by Crippen LogP contribution is -2.21. The Morgan fingerprint density at radius 3 is 2.24 bits per heavy atom. The highest BCUT2D eigenvalue weighted by Gasteiger charge is 2.20. The number of rotatable bonds is 10. The summed E-state index contributed by atoms with van der Waals surface area (Å²) < 4.78 is 5.42. The van der Waals surface area contributed by atoms with Gasteiger partial charge in [0.2, 0.25) is 0 Å². The van der Waals surface area contributed by atoms with Crippen molar-refractivity contribution in [2.45, 2.75) is 65.3 Å². The van der Waals surface area contributed by atoms with Gasteiger partial charge in [0.25, 0.3) is 0 Å². The van der Waals surface area contributed by atoms with Crippen LogP contribution in [0.5, 0.6) is 0 Å². The lowest BCUT2D eigenvalue weighted by atomic mass is 10.0. The molecule has 0 unspecified atom stereocenters. The Kier molecular flexibility index (Phi) is 6.58. The van der Waals surface area contributed by atoms with E-state index in [1.54, 1.807) is 0 Å². The van der Waals surface area contributed by atoms with Gasteiger partial charge < -0.3 is 10.1 Å². The Balaban J connectivity index is 2.05. The van der Waals surface area contributed by atoms with Gasteiger partial charge in [-0.3, -0.25) is 0 Å².